The van der Waals surface area contributed by atoms with Gasteiger partial charge in [0.2, 0.25) is 10.6 Å². The lowest BCUT2D eigenvalue weighted by molar-refractivity contribution is 0.00473. The Labute approximate surface area is 376 Å². The fraction of sp³-hybridized carbons (Fsp3) is 0.667. The van der Waals surface area contributed by atoms with Crippen LogP contribution in [0.2, 0.25) is 10.6 Å². The summed E-state index contributed by atoms with van der Waals surface area (Å²) in [5.74, 6) is 2.43. The van der Waals surface area contributed by atoms with E-state index in [-0.39, 0.29) is 52.8 Å². The highest BCUT2D eigenvalue weighted by molar-refractivity contribution is 6.29. The molecule has 6 aromatic rings. The van der Waals surface area contributed by atoms with Crippen LogP contribution < -0.4 is 21.3 Å². The van der Waals surface area contributed by atoms with Crippen molar-refractivity contribution in [2.75, 3.05) is 10.6 Å². The van der Waals surface area contributed by atoms with E-state index in [9.17, 15) is 15.0 Å². The van der Waals surface area contributed by atoms with Crippen molar-refractivity contribution >= 4 is 63.2 Å². The third-order valence-corrected chi connectivity index (χ3v) is 13.9. The first-order chi connectivity index (χ1) is 31.1. The molecular formula is C39H52Cl2N20O3. The van der Waals surface area contributed by atoms with Crippen LogP contribution in [0.1, 0.15) is 127 Å². The van der Waals surface area contributed by atoms with Crippen molar-refractivity contribution in [3.05, 3.63) is 34.9 Å². The third-order valence-electron chi connectivity index (χ3n) is 13.5. The highest BCUT2D eigenvalue weighted by atomic mass is 35.5. The molecule has 4 aliphatic rings. The summed E-state index contributed by atoms with van der Waals surface area (Å²) in [7, 11) is 0. The largest absolute Gasteiger partial charge is 0.388 e. The Morgan fingerprint density at radius 1 is 0.625 bits per heavy atom. The molecule has 4 aliphatic carbocycles. The van der Waals surface area contributed by atoms with Gasteiger partial charge in [0.15, 0.2) is 45.6 Å². The number of amides is 2. The number of carbonyl (C=O) groups excluding carboxylic acids is 1. The van der Waals surface area contributed by atoms with Gasteiger partial charge in [0.1, 0.15) is 18.2 Å². The van der Waals surface area contributed by atoms with Crippen molar-refractivity contribution in [1.29, 1.82) is 0 Å². The van der Waals surface area contributed by atoms with Gasteiger partial charge in [-0.1, -0.05) is 13.8 Å². The van der Waals surface area contributed by atoms with Gasteiger partial charge in [-0.2, -0.15) is 29.5 Å². The van der Waals surface area contributed by atoms with Gasteiger partial charge < -0.3 is 40.6 Å². The number of nitrogens with zero attached hydrogens (tertiary/aromatic N) is 16. The van der Waals surface area contributed by atoms with Crippen molar-refractivity contribution < 1.29 is 15.0 Å². The second-order valence-corrected chi connectivity index (χ2v) is 18.2. The monoisotopic (exact) mass is 918 g/mol. The van der Waals surface area contributed by atoms with Crippen LogP contribution in [0.4, 0.5) is 16.4 Å². The van der Waals surface area contributed by atoms with Gasteiger partial charge in [-0.15, -0.1) is 20.4 Å². The number of rotatable bonds is 12. The van der Waals surface area contributed by atoms with Gasteiger partial charge in [-0.25, -0.2) is 14.8 Å². The Bertz CT molecular complexity index is 2600. The van der Waals surface area contributed by atoms with Crippen molar-refractivity contribution in [3.63, 3.8) is 0 Å². The van der Waals surface area contributed by atoms with Crippen LogP contribution in [-0.4, -0.2) is 132 Å². The topological polar surface area (TPSA) is 280 Å². The molecule has 0 unspecified atom stereocenters. The maximum absolute atomic E-state index is 13.2. The SMILES string of the molecule is CCc1nnn([C@@H]2CC[C@H](n3cnc4c(NC5CCC(NC(=O)NC6CCC(Nc7nc(Cl)nc8c7ncn8[C@@H]7C[C@H](n8nnc(CC)n8)[C@@H](O)[C@H]7O)CC6)CC5)nc(Cl)nc43)C2)n1. The Hall–Kier alpha value is -5.39. The highest BCUT2D eigenvalue weighted by Crippen LogP contribution is 2.41. The maximum atomic E-state index is 13.2. The second-order valence-electron chi connectivity index (χ2n) is 17.6. The molecule has 64 heavy (non-hydrogen) atoms. The molecular weight excluding hydrogens is 867 g/mol. The molecule has 6 heterocycles. The number of hydrogen-bond donors (Lipinski definition) is 6. The van der Waals surface area contributed by atoms with E-state index in [1.54, 1.807) is 15.7 Å². The van der Waals surface area contributed by atoms with Crippen LogP contribution >= 0.6 is 23.2 Å². The molecule has 10 rings (SSSR count). The van der Waals surface area contributed by atoms with Gasteiger partial charge in [0.25, 0.3) is 0 Å². The summed E-state index contributed by atoms with van der Waals surface area (Å²) < 4.78 is 3.84. The third kappa shape index (κ3) is 8.49. The quantitative estimate of drug-likeness (QED) is 0.0955. The summed E-state index contributed by atoms with van der Waals surface area (Å²) in [5, 5.41) is 61.2. The van der Waals surface area contributed by atoms with Gasteiger partial charge in [0, 0.05) is 43.1 Å². The number of hydrogen-bond acceptors (Lipinski definition) is 17. The smallest absolute Gasteiger partial charge is 0.315 e. The number of nitrogens with one attached hydrogen (secondary N) is 4. The molecule has 0 radical (unpaired) electrons. The Morgan fingerprint density at radius 3 is 1.67 bits per heavy atom. The molecule has 4 saturated carbocycles. The first-order valence-electron chi connectivity index (χ1n) is 22.4. The molecule has 2 amide bonds. The van der Waals surface area contributed by atoms with E-state index < -0.39 is 24.3 Å². The molecule has 6 atom stereocenters. The van der Waals surface area contributed by atoms with E-state index in [4.69, 9.17) is 28.2 Å². The molecule has 340 valence electrons. The molecule has 0 bridgehead atoms. The van der Waals surface area contributed by atoms with E-state index in [1.807, 2.05) is 20.2 Å². The summed E-state index contributed by atoms with van der Waals surface area (Å²) in [6.07, 6.45) is 12.1. The van der Waals surface area contributed by atoms with Crippen LogP contribution in [0.15, 0.2) is 12.7 Å². The number of urea groups is 1. The van der Waals surface area contributed by atoms with Crippen molar-refractivity contribution in [3.8, 4) is 0 Å². The summed E-state index contributed by atoms with van der Waals surface area (Å²) in [5.41, 5.74) is 2.36. The van der Waals surface area contributed by atoms with Crippen LogP contribution in [0.25, 0.3) is 22.3 Å². The number of fused-ring (bicyclic) bond motifs is 2. The minimum absolute atomic E-state index is 0.0355. The average molecular weight is 920 g/mol. The Balaban J connectivity index is 0.690. The number of tetrazole rings is 2. The zero-order chi connectivity index (χ0) is 44.1. The van der Waals surface area contributed by atoms with Crippen molar-refractivity contribution in [2.45, 2.75) is 164 Å². The van der Waals surface area contributed by atoms with Crippen LogP contribution in [0, 0.1) is 0 Å². The summed E-state index contributed by atoms with van der Waals surface area (Å²) >= 11 is 12.9. The predicted octanol–water partition coefficient (Wildman–Crippen LogP) is 3.69. The molecule has 0 aromatic carbocycles. The standard InChI is InChI=1S/C39H52Cl2N20O3/c1-3-27-52-56-60(54-27)24-14-13-23(15-24)58-17-42-29-33(48-37(40)50-35(29)58)44-19-5-9-21(10-6-19)46-39(64)47-22-11-7-20(8-12-22)45-34-30-36(51-38(41)49-34)59(18-43-30)25-16-26(32(63)31(25)62)61-55-28(4-2)53-57-61/h17-26,31-32,62-63H,3-16H2,1-2H3,(H,44,48,50)(H,45,49,51)(H2,46,47,64)/t19?,20?,21?,22?,23-,24+,25+,26-,31-,32+/m0/s1. The average Bonchev–Trinajstić information content (AvgIpc) is 4.16. The summed E-state index contributed by atoms with van der Waals surface area (Å²) in [4.78, 5) is 43.7. The molecule has 4 fully saturated rings. The molecule has 0 saturated heterocycles. The number of aliphatic hydroxyl groups excluding tert-OH is 2. The fourth-order valence-electron chi connectivity index (χ4n) is 10.0. The number of anilines is 2. The zero-order valence-electron chi connectivity index (χ0n) is 35.5. The van der Waals surface area contributed by atoms with Crippen molar-refractivity contribution in [2.24, 2.45) is 0 Å². The molecule has 0 spiro atoms. The maximum Gasteiger partial charge on any atom is 0.315 e. The van der Waals surface area contributed by atoms with E-state index in [0.717, 1.165) is 82.9 Å². The zero-order valence-corrected chi connectivity index (χ0v) is 37.1. The summed E-state index contributed by atoms with van der Waals surface area (Å²) in [6.45, 7) is 3.94. The lowest BCUT2D eigenvalue weighted by Gasteiger charge is -2.32. The van der Waals surface area contributed by atoms with E-state index in [2.05, 4.69) is 81.6 Å². The van der Waals surface area contributed by atoms with E-state index in [0.29, 0.717) is 52.6 Å². The van der Waals surface area contributed by atoms with E-state index >= 15 is 0 Å². The van der Waals surface area contributed by atoms with Crippen LogP contribution in [0.5, 0.6) is 0 Å². The van der Waals surface area contributed by atoms with E-state index in [1.165, 1.54) is 4.80 Å². The normalized spacial score (nSPS) is 28.5. The van der Waals surface area contributed by atoms with Crippen LogP contribution in [0.3, 0.4) is 0 Å². The molecule has 6 N–H and O–H groups in total. The molecule has 23 nitrogen and oxygen atoms in total. The number of aliphatic hydroxyl groups is 2. The Kier molecular flexibility index (Phi) is 11.9. The summed E-state index contributed by atoms with van der Waals surface area (Å²) in [6, 6.07) is -0.600. The predicted molar refractivity (Wildman–Crippen MR) is 233 cm³/mol. The van der Waals surface area contributed by atoms with Gasteiger partial charge in [0.05, 0.1) is 24.7 Å². The Morgan fingerprint density at radius 2 is 1.11 bits per heavy atom. The number of carbonyl (C=O) groups is 1. The lowest BCUT2D eigenvalue weighted by atomic mass is 9.90. The molecule has 6 aromatic heterocycles. The van der Waals surface area contributed by atoms with Gasteiger partial charge >= 0.3 is 6.03 Å². The second kappa shape index (κ2) is 17.9. The van der Waals surface area contributed by atoms with Gasteiger partial charge in [-0.3, -0.25) is 0 Å². The van der Waals surface area contributed by atoms with Crippen LogP contribution in [-0.2, 0) is 12.8 Å². The number of aromatic nitrogens is 16. The molecule has 0 aliphatic heterocycles. The molecule has 25 heteroatoms. The minimum Gasteiger partial charge on any atom is -0.388 e. The lowest BCUT2D eigenvalue weighted by Crippen LogP contribution is -2.49. The number of imidazole rings is 2. The highest BCUT2D eigenvalue weighted by Gasteiger charge is 2.45. The number of aryl methyl sites for hydroxylation is 2. The number of halogens is 2. The first-order valence-corrected chi connectivity index (χ1v) is 23.2. The minimum atomic E-state index is -1.12. The first kappa shape index (κ1) is 42.6. The fourth-order valence-corrected chi connectivity index (χ4v) is 10.4. The van der Waals surface area contributed by atoms with Gasteiger partial charge in [-0.05, 0) is 111 Å². The van der Waals surface area contributed by atoms with Crippen molar-refractivity contribution in [1.82, 2.24) is 90.1 Å².